The highest BCUT2D eigenvalue weighted by Crippen LogP contribution is 2.38. The van der Waals surface area contributed by atoms with Gasteiger partial charge in [-0.15, -0.1) is 6.58 Å². The number of rotatable bonds is 1. The van der Waals surface area contributed by atoms with E-state index in [0.29, 0.717) is 4.75 Å². The van der Waals surface area contributed by atoms with Gasteiger partial charge in [0.25, 0.3) is 0 Å². The molecule has 1 atom stereocenters. The zero-order valence-corrected chi connectivity index (χ0v) is 6.13. The minimum absolute atomic E-state index is 0.417. The second-order valence-electron chi connectivity index (χ2n) is 2.47. The van der Waals surface area contributed by atoms with Crippen molar-refractivity contribution >= 4 is 11.8 Å². The highest BCUT2D eigenvalue weighted by molar-refractivity contribution is 8.01. The van der Waals surface area contributed by atoms with E-state index in [9.17, 15) is 0 Å². The minimum Gasteiger partial charge on any atom is -0.151 e. The Hall–Kier alpha value is 0.0900. The van der Waals surface area contributed by atoms with Crippen molar-refractivity contribution in [1.82, 2.24) is 0 Å². The summed E-state index contributed by atoms with van der Waals surface area (Å²) in [7, 11) is 0. The molecule has 0 spiro atoms. The van der Waals surface area contributed by atoms with Crippen LogP contribution in [0.4, 0.5) is 0 Å². The van der Waals surface area contributed by atoms with Crippen molar-refractivity contribution in [2.24, 2.45) is 0 Å². The molecule has 0 aromatic rings. The van der Waals surface area contributed by atoms with Crippen molar-refractivity contribution in [1.29, 1.82) is 0 Å². The number of thioether (sulfide) groups is 1. The highest BCUT2D eigenvalue weighted by Gasteiger charge is 2.24. The lowest BCUT2D eigenvalue weighted by Gasteiger charge is -2.15. The summed E-state index contributed by atoms with van der Waals surface area (Å²) in [5.41, 5.74) is 0. The summed E-state index contributed by atoms with van der Waals surface area (Å²) >= 11 is 2.03. The van der Waals surface area contributed by atoms with E-state index in [1.54, 1.807) is 0 Å². The fraction of sp³-hybridized carbons (Fsp3) is 0.714. The molecule has 1 aliphatic rings. The maximum absolute atomic E-state index is 3.79. The first kappa shape index (κ1) is 6.21. The summed E-state index contributed by atoms with van der Waals surface area (Å²) in [4.78, 5) is 0. The second-order valence-corrected chi connectivity index (χ2v) is 4.10. The average molecular weight is 128 g/mol. The van der Waals surface area contributed by atoms with Crippen molar-refractivity contribution in [3.8, 4) is 0 Å². The van der Waals surface area contributed by atoms with Gasteiger partial charge in [-0.25, -0.2) is 0 Å². The van der Waals surface area contributed by atoms with Gasteiger partial charge < -0.3 is 0 Å². The van der Waals surface area contributed by atoms with E-state index < -0.39 is 0 Å². The minimum atomic E-state index is 0.417. The van der Waals surface area contributed by atoms with Gasteiger partial charge in [-0.3, -0.25) is 0 Å². The van der Waals surface area contributed by atoms with E-state index in [1.807, 2.05) is 11.8 Å². The molecule has 1 unspecified atom stereocenters. The first-order valence-corrected chi connectivity index (χ1v) is 4.03. The summed E-state index contributed by atoms with van der Waals surface area (Å²) in [5, 5.41) is 0. The number of hydrogen-bond donors (Lipinski definition) is 0. The van der Waals surface area contributed by atoms with Crippen LogP contribution >= 0.6 is 11.8 Å². The van der Waals surface area contributed by atoms with Crippen LogP contribution in [0.2, 0.25) is 0 Å². The molecular formula is C7H12S. The molecule has 0 N–H and O–H groups in total. The molecule has 1 rings (SSSR count). The van der Waals surface area contributed by atoms with Crippen LogP contribution in [-0.2, 0) is 0 Å². The van der Waals surface area contributed by atoms with Crippen molar-refractivity contribution in [3.63, 3.8) is 0 Å². The zero-order valence-electron chi connectivity index (χ0n) is 5.31. The molecule has 1 aliphatic heterocycles. The molecule has 0 aromatic carbocycles. The van der Waals surface area contributed by atoms with Crippen molar-refractivity contribution in [3.05, 3.63) is 12.7 Å². The van der Waals surface area contributed by atoms with E-state index in [0.717, 1.165) is 0 Å². The standard InChI is InChI=1S/C7H12S/c1-3-7(2)5-4-6-8-7/h3H,1,4-6H2,2H3. The van der Waals surface area contributed by atoms with Crippen LogP contribution in [0, 0.1) is 0 Å². The Morgan fingerprint density at radius 2 is 2.50 bits per heavy atom. The van der Waals surface area contributed by atoms with E-state index in [4.69, 9.17) is 0 Å². The summed E-state index contributed by atoms with van der Waals surface area (Å²) in [6.07, 6.45) is 4.76. The van der Waals surface area contributed by atoms with Gasteiger partial charge >= 0.3 is 0 Å². The Morgan fingerprint density at radius 3 is 2.75 bits per heavy atom. The summed E-state index contributed by atoms with van der Waals surface area (Å²) < 4.78 is 0.417. The fourth-order valence-corrected chi connectivity index (χ4v) is 2.12. The van der Waals surface area contributed by atoms with Gasteiger partial charge in [0.2, 0.25) is 0 Å². The summed E-state index contributed by atoms with van der Waals surface area (Å²) in [6, 6.07) is 0. The zero-order chi connectivity index (χ0) is 6.04. The summed E-state index contributed by atoms with van der Waals surface area (Å²) in [6.45, 7) is 6.06. The third kappa shape index (κ3) is 1.08. The lowest BCUT2D eigenvalue weighted by molar-refractivity contribution is 0.725. The van der Waals surface area contributed by atoms with E-state index in [1.165, 1.54) is 18.6 Å². The van der Waals surface area contributed by atoms with Crippen LogP contribution in [0.3, 0.4) is 0 Å². The van der Waals surface area contributed by atoms with E-state index in [2.05, 4.69) is 19.6 Å². The topological polar surface area (TPSA) is 0 Å². The normalized spacial score (nSPS) is 37.6. The van der Waals surface area contributed by atoms with Gasteiger partial charge in [-0.1, -0.05) is 6.08 Å². The molecule has 1 saturated heterocycles. The predicted octanol–water partition coefficient (Wildman–Crippen LogP) is 2.46. The van der Waals surface area contributed by atoms with E-state index in [-0.39, 0.29) is 0 Å². The fourth-order valence-electron chi connectivity index (χ4n) is 0.962. The molecule has 1 heteroatoms. The maximum atomic E-state index is 3.79. The van der Waals surface area contributed by atoms with Gasteiger partial charge in [0, 0.05) is 4.75 Å². The van der Waals surface area contributed by atoms with Crippen LogP contribution < -0.4 is 0 Å². The third-order valence-electron chi connectivity index (χ3n) is 1.68. The average Bonchev–Trinajstić information content (AvgIpc) is 2.17. The quantitative estimate of drug-likeness (QED) is 0.489. The molecule has 0 bridgehead atoms. The van der Waals surface area contributed by atoms with Gasteiger partial charge in [-0.2, -0.15) is 11.8 Å². The Bertz CT molecular complexity index is 90.6. The SMILES string of the molecule is C=CC1(C)CCCS1. The molecule has 8 heavy (non-hydrogen) atoms. The highest BCUT2D eigenvalue weighted by atomic mass is 32.2. The lowest BCUT2D eigenvalue weighted by atomic mass is 10.1. The van der Waals surface area contributed by atoms with Crippen molar-refractivity contribution < 1.29 is 0 Å². The molecule has 0 aliphatic carbocycles. The Labute approximate surface area is 55.4 Å². The Kier molecular flexibility index (Phi) is 1.66. The molecule has 46 valence electrons. The monoisotopic (exact) mass is 128 g/mol. The predicted molar refractivity (Wildman–Crippen MR) is 40.3 cm³/mol. The molecule has 0 aromatic heterocycles. The van der Waals surface area contributed by atoms with Crippen LogP contribution in [0.15, 0.2) is 12.7 Å². The smallest absolute Gasteiger partial charge is 0.0308 e. The van der Waals surface area contributed by atoms with Crippen molar-refractivity contribution in [2.75, 3.05) is 5.75 Å². The van der Waals surface area contributed by atoms with Gasteiger partial charge in [0.15, 0.2) is 0 Å². The first-order valence-electron chi connectivity index (χ1n) is 3.04. The molecule has 0 radical (unpaired) electrons. The molecular weight excluding hydrogens is 116 g/mol. The van der Waals surface area contributed by atoms with Gasteiger partial charge in [0.05, 0.1) is 0 Å². The second kappa shape index (κ2) is 2.14. The largest absolute Gasteiger partial charge is 0.151 e. The van der Waals surface area contributed by atoms with Gasteiger partial charge in [-0.05, 0) is 25.5 Å². The molecule has 1 heterocycles. The Morgan fingerprint density at radius 1 is 1.75 bits per heavy atom. The molecule has 0 nitrogen and oxygen atoms in total. The summed E-state index contributed by atoms with van der Waals surface area (Å²) in [5.74, 6) is 1.32. The molecule has 0 amide bonds. The van der Waals surface area contributed by atoms with Crippen LogP contribution in [0.1, 0.15) is 19.8 Å². The lowest BCUT2D eigenvalue weighted by Crippen LogP contribution is -2.09. The van der Waals surface area contributed by atoms with Gasteiger partial charge in [0.1, 0.15) is 0 Å². The van der Waals surface area contributed by atoms with E-state index >= 15 is 0 Å². The molecule has 1 fully saturated rings. The molecule has 0 saturated carbocycles. The number of hydrogen-bond acceptors (Lipinski definition) is 1. The van der Waals surface area contributed by atoms with Crippen LogP contribution in [-0.4, -0.2) is 10.5 Å². The first-order chi connectivity index (χ1) is 3.77. The Balaban J connectivity index is 2.52. The van der Waals surface area contributed by atoms with Crippen LogP contribution in [0.5, 0.6) is 0 Å². The third-order valence-corrected chi connectivity index (χ3v) is 3.20. The maximum Gasteiger partial charge on any atom is 0.0308 e. The van der Waals surface area contributed by atoms with Crippen LogP contribution in [0.25, 0.3) is 0 Å². The van der Waals surface area contributed by atoms with Crippen molar-refractivity contribution in [2.45, 2.75) is 24.5 Å².